The minimum Gasteiger partial charge on any atom is -0.0876 e. The van der Waals surface area contributed by atoms with Crippen molar-refractivity contribution in [2.45, 2.75) is 9.07 Å². The molecule has 1 rings (SSSR count). The first-order chi connectivity index (χ1) is 5.63. The summed E-state index contributed by atoms with van der Waals surface area (Å²) in [5.74, 6) is 0. The van der Waals surface area contributed by atoms with E-state index in [2.05, 4.69) is 81.9 Å². The second-order valence-corrected chi connectivity index (χ2v) is 6.86. The Balaban J connectivity index is 3.06. The van der Waals surface area contributed by atoms with Crippen LogP contribution in [-0.4, -0.2) is 0 Å². The van der Waals surface area contributed by atoms with E-state index in [9.17, 15) is 0 Å². The molecule has 1 aromatic carbocycles. The van der Waals surface area contributed by atoms with Gasteiger partial charge in [-0.3, -0.25) is 0 Å². The molecule has 0 aromatic heterocycles. The Kier molecular flexibility index (Phi) is 4.79. The number of halogens is 4. The zero-order chi connectivity index (χ0) is 9.14. The lowest BCUT2D eigenvalue weighted by Gasteiger charge is -2.05. The zero-order valence-electron chi connectivity index (χ0n) is 6.03. The summed E-state index contributed by atoms with van der Waals surface area (Å²) in [4.78, 5) is 0. The minimum absolute atomic E-state index is 0.222. The molecule has 0 unspecified atom stereocenters. The van der Waals surface area contributed by atoms with E-state index in [0.717, 1.165) is 9.80 Å². The topological polar surface area (TPSA) is 0 Å². The third-order valence-corrected chi connectivity index (χ3v) is 3.55. The van der Waals surface area contributed by atoms with E-state index in [1.165, 1.54) is 11.1 Å². The van der Waals surface area contributed by atoms with Crippen LogP contribution in [0.25, 0.3) is 0 Å². The molecular weight excluding hydrogens is 416 g/mol. The third kappa shape index (κ3) is 3.13. The Morgan fingerprint density at radius 2 is 1.83 bits per heavy atom. The number of benzene rings is 1. The van der Waals surface area contributed by atoms with E-state index in [1.54, 1.807) is 0 Å². The van der Waals surface area contributed by atoms with Crippen molar-refractivity contribution < 1.29 is 0 Å². The highest BCUT2D eigenvalue weighted by molar-refractivity contribution is 9.24. The first-order valence-corrected chi connectivity index (χ1v) is 7.01. The van der Waals surface area contributed by atoms with Crippen LogP contribution in [0, 0.1) is 0 Å². The molecular formula is C8H6Br4. The van der Waals surface area contributed by atoms with Crippen molar-refractivity contribution in [3.8, 4) is 0 Å². The Morgan fingerprint density at radius 3 is 2.33 bits per heavy atom. The van der Waals surface area contributed by atoms with Gasteiger partial charge >= 0.3 is 0 Å². The molecule has 0 aliphatic heterocycles. The van der Waals surface area contributed by atoms with Crippen LogP contribution in [-0.2, 0) is 5.33 Å². The van der Waals surface area contributed by atoms with Crippen molar-refractivity contribution in [3.63, 3.8) is 0 Å². The van der Waals surface area contributed by atoms with Crippen LogP contribution >= 0.6 is 63.7 Å². The summed E-state index contributed by atoms with van der Waals surface area (Å²) in [6.07, 6.45) is 0. The van der Waals surface area contributed by atoms with Crippen molar-refractivity contribution in [3.05, 3.63) is 33.8 Å². The largest absolute Gasteiger partial charge is 0.0947 e. The van der Waals surface area contributed by atoms with Gasteiger partial charge in [-0.2, -0.15) is 0 Å². The SMILES string of the molecule is BrCc1cc(Br)cc(C(Br)Br)c1. The highest BCUT2D eigenvalue weighted by Crippen LogP contribution is 2.32. The molecule has 4 heteroatoms. The Hall–Kier alpha value is 1.14. The monoisotopic (exact) mass is 418 g/mol. The Labute approximate surface area is 106 Å². The molecule has 0 heterocycles. The Bertz CT molecular complexity index is 270. The maximum absolute atomic E-state index is 3.46. The fourth-order valence-corrected chi connectivity index (χ4v) is 2.29. The number of hydrogen-bond acceptors (Lipinski definition) is 0. The number of alkyl halides is 3. The van der Waals surface area contributed by atoms with Gasteiger partial charge in [-0.15, -0.1) is 0 Å². The average Bonchev–Trinajstić information content (AvgIpc) is 2.03. The van der Waals surface area contributed by atoms with Crippen LogP contribution < -0.4 is 0 Å². The smallest absolute Gasteiger partial charge is 0.0876 e. The summed E-state index contributed by atoms with van der Waals surface area (Å²) < 4.78 is 1.33. The summed E-state index contributed by atoms with van der Waals surface area (Å²) >= 11 is 13.8. The number of hydrogen-bond donors (Lipinski definition) is 0. The highest BCUT2D eigenvalue weighted by atomic mass is 79.9. The fraction of sp³-hybridized carbons (Fsp3) is 0.250. The van der Waals surface area contributed by atoms with Crippen molar-refractivity contribution in [1.82, 2.24) is 0 Å². The number of rotatable bonds is 2. The van der Waals surface area contributed by atoms with Gasteiger partial charge in [0, 0.05) is 9.80 Å². The van der Waals surface area contributed by atoms with Crippen LogP contribution in [0.15, 0.2) is 22.7 Å². The van der Waals surface area contributed by atoms with Crippen LogP contribution in [0.5, 0.6) is 0 Å². The Morgan fingerprint density at radius 1 is 1.17 bits per heavy atom. The molecule has 0 saturated carbocycles. The van der Waals surface area contributed by atoms with E-state index in [-0.39, 0.29) is 3.74 Å². The van der Waals surface area contributed by atoms with E-state index in [4.69, 9.17) is 0 Å². The van der Waals surface area contributed by atoms with E-state index < -0.39 is 0 Å². The standard InChI is InChI=1S/C8H6Br4/c9-4-5-1-6(8(11)12)3-7(10)2-5/h1-3,8H,4H2. The molecule has 0 aliphatic carbocycles. The molecule has 0 aliphatic rings. The van der Waals surface area contributed by atoms with Gasteiger partial charge < -0.3 is 0 Å². The lowest BCUT2D eigenvalue weighted by Crippen LogP contribution is -1.84. The first-order valence-electron chi connectivity index (χ1n) is 3.27. The predicted molar refractivity (Wildman–Crippen MR) is 67.4 cm³/mol. The summed E-state index contributed by atoms with van der Waals surface area (Å²) in [7, 11) is 0. The minimum atomic E-state index is 0.222. The van der Waals surface area contributed by atoms with Gasteiger partial charge in [0.15, 0.2) is 0 Å². The lowest BCUT2D eigenvalue weighted by atomic mass is 10.2. The van der Waals surface area contributed by atoms with Gasteiger partial charge in [-0.25, -0.2) is 0 Å². The molecule has 1 aromatic rings. The molecule has 0 spiro atoms. The second kappa shape index (κ2) is 5.13. The first kappa shape index (κ1) is 11.2. The molecule has 0 nitrogen and oxygen atoms in total. The molecule has 0 amide bonds. The molecule has 0 atom stereocenters. The van der Waals surface area contributed by atoms with Crippen molar-refractivity contribution in [2.24, 2.45) is 0 Å². The zero-order valence-corrected chi connectivity index (χ0v) is 12.4. The van der Waals surface area contributed by atoms with Crippen molar-refractivity contribution >= 4 is 63.7 Å². The van der Waals surface area contributed by atoms with Gasteiger partial charge in [0.1, 0.15) is 0 Å². The molecule has 0 radical (unpaired) electrons. The molecule has 0 bridgehead atoms. The average molecular weight is 422 g/mol. The molecule has 0 saturated heterocycles. The molecule has 0 fully saturated rings. The molecule has 0 N–H and O–H groups in total. The van der Waals surface area contributed by atoms with Crippen LogP contribution in [0.4, 0.5) is 0 Å². The van der Waals surface area contributed by atoms with Crippen LogP contribution in [0.2, 0.25) is 0 Å². The third-order valence-electron chi connectivity index (χ3n) is 1.39. The van der Waals surface area contributed by atoms with Gasteiger partial charge in [0.05, 0.1) is 3.74 Å². The van der Waals surface area contributed by atoms with Crippen LogP contribution in [0.3, 0.4) is 0 Å². The molecule has 12 heavy (non-hydrogen) atoms. The van der Waals surface area contributed by atoms with E-state index >= 15 is 0 Å². The maximum atomic E-state index is 3.46. The van der Waals surface area contributed by atoms with Crippen molar-refractivity contribution in [2.75, 3.05) is 0 Å². The summed E-state index contributed by atoms with van der Waals surface area (Å²) in [5.41, 5.74) is 2.49. The quantitative estimate of drug-likeness (QED) is 0.581. The fourth-order valence-electron chi connectivity index (χ4n) is 0.879. The summed E-state index contributed by atoms with van der Waals surface area (Å²) in [6.45, 7) is 0. The molecule has 66 valence electrons. The summed E-state index contributed by atoms with van der Waals surface area (Å²) in [5, 5.41) is 0.881. The lowest BCUT2D eigenvalue weighted by molar-refractivity contribution is 1.33. The van der Waals surface area contributed by atoms with Gasteiger partial charge in [-0.05, 0) is 23.3 Å². The normalized spacial score (nSPS) is 10.8. The highest BCUT2D eigenvalue weighted by Gasteiger charge is 2.04. The maximum Gasteiger partial charge on any atom is 0.0947 e. The van der Waals surface area contributed by atoms with Crippen LogP contribution in [0.1, 0.15) is 14.9 Å². The second-order valence-electron chi connectivity index (χ2n) is 2.33. The van der Waals surface area contributed by atoms with E-state index in [1.807, 2.05) is 0 Å². The summed E-state index contributed by atoms with van der Waals surface area (Å²) in [6, 6.07) is 6.33. The van der Waals surface area contributed by atoms with Gasteiger partial charge in [-0.1, -0.05) is 69.8 Å². The predicted octanol–water partition coefficient (Wildman–Crippen LogP) is 5.13. The van der Waals surface area contributed by atoms with Gasteiger partial charge in [0.25, 0.3) is 0 Å². The van der Waals surface area contributed by atoms with E-state index in [0.29, 0.717) is 0 Å². The van der Waals surface area contributed by atoms with Gasteiger partial charge in [0.2, 0.25) is 0 Å². The van der Waals surface area contributed by atoms with Crippen molar-refractivity contribution in [1.29, 1.82) is 0 Å².